The average Bonchev–Trinajstić information content (AvgIpc) is 3.03. The number of aromatic amines is 1. The second-order valence-electron chi connectivity index (χ2n) is 5.93. The number of imidazole rings is 1. The third-order valence-electron chi connectivity index (χ3n) is 4.36. The van der Waals surface area contributed by atoms with E-state index in [-0.39, 0.29) is 17.1 Å². The van der Waals surface area contributed by atoms with Crippen molar-refractivity contribution < 1.29 is 33.3 Å². The Bertz CT molecular complexity index is 1060. The summed E-state index contributed by atoms with van der Waals surface area (Å²) in [5.41, 5.74) is 3.68. The number of nitrogens with one attached hydrogen (secondary N) is 1. The molecule has 2 aliphatic heterocycles. The lowest BCUT2D eigenvalue weighted by Crippen LogP contribution is -2.50. The van der Waals surface area contributed by atoms with Crippen LogP contribution in [0.5, 0.6) is 0 Å². The number of nitrogens with two attached hydrogens (primary N) is 1. The number of hydrogen-bond acceptors (Lipinski definition) is 9. The molecule has 13 nitrogen and oxygen atoms in total. The quantitative estimate of drug-likeness (QED) is 0.232. The Hall–Kier alpha value is -2.27. The first kappa shape index (κ1) is 17.2. The first-order valence-electron chi connectivity index (χ1n) is 7.29. The van der Waals surface area contributed by atoms with Gasteiger partial charge in [-0.15, -0.1) is 0 Å². The Morgan fingerprint density at radius 2 is 2.46 bits per heavy atom. The molecule has 0 aliphatic carbocycles. The minimum absolute atomic E-state index is 0.0528. The highest BCUT2D eigenvalue weighted by Gasteiger charge is 2.72. The van der Waals surface area contributed by atoms with Gasteiger partial charge in [0.2, 0.25) is 13.6 Å². The third-order valence-corrected chi connectivity index (χ3v) is 4.83. The van der Waals surface area contributed by atoms with E-state index < -0.39 is 43.6 Å². The maximum atomic E-state index is 12.1. The smallest absolute Gasteiger partial charge is 0.314 e. The lowest BCUT2D eigenvalue weighted by Gasteiger charge is -2.22. The number of nitriles is 1. The number of phosphoric acid groups is 1. The number of aliphatic hydroxyl groups excluding tert-OH is 1. The number of rotatable bonds is 4. The Labute approximate surface area is 145 Å². The van der Waals surface area contributed by atoms with Gasteiger partial charge in [0.05, 0.1) is 12.7 Å². The molecule has 0 amide bonds. The number of anilines is 1. The van der Waals surface area contributed by atoms with Crippen LogP contribution in [0.25, 0.3) is 11.2 Å². The van der Waals surface area contributed by atoms with Crippen molar-refractivity contribution in [3.63, 3.8) is 0 Å². The lowest BCUT2D eigenvalue weighted by atomic mass is 9.93. The number of hydrogen-bond donors (Lipinski definition) is 4. The number of fused-ring (bicyclic) bond motifs is 2. The first-order chi connectivity index (χ1) is 12.2. The van der Waals surface area contributed by atoms with Crippen molar-refractivity contribution in [3.8, 4) is 6.19 Å². The summed E-state index contributed by atoms with van der Waals surface area (Å²) >= 11 is 0. The van der Waals surface area contributed by atoms with Crippen molar-refractivity contribution in [1.82, 2.24) is 14.5 Å². The maximum absolute atomic E-state index is 12.1. The molecule has 2 saturated heterocycles. The zero-order chi connectivity index (χ0) is 18.9. The molecule has 5 atom stereocenters. The van der Waals surface area contributed by atoms with Crippen LogP contribution in [-0.4, -0.2) is 50.6 Å². The molecule has 2 aromatic rings. The van der Waals surface area contributed by atoms with E-state index in [1.807, 2.05) is 0 Å². The fraction of sp³-hybridized carbons (Fsp3) is 0.455. The topological polar surface area (TPSA) is 203 Å². The number of nitrogen functional groups attached to an aromatic ring is 1. The van der Waals surface area contributed by atoms with Crippen LogP contribution in [-0.2, 0) is 19.4 Å². The first-order valence-corrected chi connectivity index (χ1v) is 8.79. The Morgan fingerprint density at radius 1 is 1.73 bits per heavy atom. The molecule has 135 valence electrons. The summed E-state index contributed by atoms with van der Waals surface area (Å²) in [5.74, 6) is -0.738. The molecule has 2 fully saturated rings. The average molecular weight is 381 g/mol. The summed E-state index contributed by atoms with van der Waals surface area (Å²) < 4.78 is 23.1. The van der Waals surface area contributed by atoms with Crippen molar-refractivity contribution in [3.05, 3.63) is 16.7 Å². The summed E-state index contributed by atoms with van der Waals surface area (Å²) in [7, 11) is -3.37. The summed E-state index contributed by atoms with van der Waals surface area (Å²) in [5, 5.41) is 19.5. The molecule has 1 unspecified atom stereocenters. The Balaban J connectivity index is 1.75. The predicted octanol–water partition coefficient (Wildman–Crippen LogP) is -3.72. The highest BCUT2D eigenvalue weighted by molar-refractivity contribution is 7.44. The van der Waals surface area contributed by atoms with Crippen LogP contribution in [0, 0.1) is 11.5 Å². The van der Waals surface area contributed by atoms with Gasteiger partial charge >= 0.3 is 5.65 Å². The number of nitrogens with zero attached hydrogens (tertiary/aromatic N) is 4. The standard InChI is InChI=1S/C11H11BN6O7P/c13-2-17-3-18(8-5(17)9(20)16-10(14)15-8)11-7(12-11)6(19)4(25-11)1-24-26(21,22)23/h3-4,6-7,19H,1H2,(H4-,14,15,16,20,21,22,23)/t4-,6-,7-,11+/m1/s1. The van der Waals surface area contributed by atoms with E-state index in [0.717, 1.165) is 4.57 Å². The molecule has 4 heterocycles. The van der Waals surface area contributed by atoms with Crippen LogP contribution in [0.15, 0.2) is 11.1 Å². The van der Waals surface area contributed by atoms with Crippen molar-refractivity contribution in [2.75, 3.05) is 12.3 Å². The monoisotopic (exact) mass is 381 g/mol. The van der Waals surface area contributed by atoms with E-state index in [0.29, 0.717) is 0 Å². The van der Waals surface area contributed by atoms with Crippen LogP contribution in [0.1, 0.15) is 0 Å². The molecule has 4 rings (SSSR count). The molecule has 5 N–H and O–H groups in total. The Kier molecular flexibility index (Phi) is 3.54. The van der Waals surface area contributed by atoms with Crippen molar-refractivity contribution >= 4 is 32.2 Å². The van der Waals surface area contributed by atoms with Gasteiger partial charge in [0, 0.05) is 5.82 Å². The van der Waals surface area contributed by atoms with E-state index in [1.165, 1.54) is 10.9 Å². The van der Waals surface area contributed by atoms with Gasteiger partial charge in [0.15, 0.2) is 5.62 Å². The number of ether oxygens (including phenoxy) is 1. The lowest BCUT2D eigenvalue weighted by molar-refractivity contribution is -0.747. The van der Waals surface area contributed by atoms with E-state index in [9.17, 15) is 24.6 Å². The SMILES string of the molecule is N#Cn1c[n+]([C@@]23[B][C@@H]2[C@H](O)[C@@H](COP(=O)([O-])O)O3)c2nc(N)[nH]c(=O)c21. The number of H-pyrrole nitrogens is 1. The molecule has 2 aliphatic rings. The van der Waals surface area contributed by atoms with E-state index in [1.54, 1.807) is 13.5 Å². The van der Waals surface area contributed by atoms with Gasteiger partial charge in [-0.2, -0.15) is 9.83 Å². The minimum Gasteiger partial charge on any atom is -0.756 e. The van der Waals surface area contributed by atoms with Gasteiger partial charge in [0.25, 0.3) is 31.0 Å². The molecule has 0 saturated carbocycles. The molecule has 0 spiro atoms. The number of aliphatic hydroxyl groups is 1. The van der Waals surface area contributed by atoms with Crippen LogP contribution in [0.3, 0.4) is 0 Å². The summed E-state index contributed by atoms with van der Waals surface area (Å²) in [6.45, 7) is -0.599. The van der Waals surface area contributed by atoms with E-state index in [2.05, 4.69) is 14.5 Å². The normalized spacial score (nSPS) is 31.8. The summed E-state index contributed by atoms with van der Waals surface area (Å²) in [6, 6.07) is 0. The molecule has 0 bridgehead atoms. The molecule has 15 heteroatoms. The van der Waals surface area contributed by atoms with Crippen LogP contribution in [0.2, 0.25) is 5.82 Å². The number of aromatic nitrogens is 4. The zero-order valence-corrected chi connectivity index (χ0v) is 13.7. The van der Waals surface area contributed by atoms with Gasteiger partial charge in [-0.1, -0.05) is 4.98 Å². The van der Waals surface area contributed by atoms with Crippen molar-refractivity contribution in [2.24, 2.45) is 0 Å². The highest BCUT2D eigenvalue weighted by atomic mass is 31.2. The van der Waals surface area contributed by atoms with Crippen LogP contribution in [0.4, 0.5) is 5.95 Å². The maximum Gasteiger partial charge on any atom is 0.314 e. The van der Waals surface area contributed by atoms with Gasteiger partial charge in [0.1, 0.15) is 6.10 Å². The van der Waals surface area contributed by atoms with Gasteiger partial charge < -0.3 is 29.9 Å². The van der Waals surface area contributed by atoms with Crippen molar-refractivity contribution in [2.45, 2.75) is 23.6 Å². The Morgan fingerprint density at radius 3 is 3.12 bits per heavy atom. The van der Waals surface area contributed by atoms with Crippen LogP contribution >= 0.6 is 7.82 Å². The molecule has 2 aromatic heterocycles. The molecule has 0 aromatic carbocycles. The van der Waals surface area contributed by atoms with Gasteiger partial charge in [-0.3, -0.25) is 14.3 Å². The van der Waals surface area contributed by atoms with Crippen LogP contribution < -0.4 is 20.8 Å². The second-order valence-corrected chi connectivity index (χ2v) is 7.13. The third kappa shape index (κ3) is 2.45. The summed E-state index contributed by atoms with van der Waals surface area (Å²) in [6.07, 6.45) is 0.878. The predicted molar refractivity (Wildman–Crippen MR) is 80.1 cm³/mol. The minimum atomic E-state index is -4.98. The number of phosphoric ester groups is 1. The molecular weight excluding hydrogens is 370 g/mol. The summed E-state index contributed by atoms with van der Waals surface area (Å²) in [4.78, 5) is 37.8. The second kappa shape index (κ2) is 5.37. The van der Waals surface area contributed by atoms with Gasteiger partial charge in [-0.25, -0.2) is 4.57 Å². The fourth-order valence-electron chi connectivity index (χ4n) is 3.23. The largest absolute Gasteiger partial charge is 0.756 e. The molecular formula is C11H11BN6O7P. The van der Waals surface area contributed by atoms with E-state index in [4.69, 9.17) is 15.4 Å². The van der Waals surface area contributed by atoms with Gasteiger partial charge in [-0.05, 0) is 0 Å². The van der Waals surface area contributed by atoms with E-state index >= 15 is 0 Å². The fourth-order valence-corrected chi connectivity index (χ4v) is 3.56. The molecule has 1 radical (unpaired) electrons. The highest BCUT2D eigenvalue weighted by Crippen LogP contribution is 2.55. The van der Waals surface area contributed by atoms with Crippen molar-refractivity contribution in [1.29, 1.82) is 5.26 Å². The zero-order valence-electron chi connectivity index (χ0n) is 12.8. The molecule has 26 heavy (non-hydrogen) atoms.